The maximum Gasteiger partial charge on any atom is 0.321 e. The van der Waals surface area contributed by atoms with Gasteiger partial charge in [-0.15, -0.1) is 0 Å². The number of urea groups is 1. The van der Waals surface area contributed by atoms with Crippen molar-refractivity contribution in [3.05, 3.63) is 30.6 Å². The highest BCUT2D eigenvalue weighted by atomic mass is 32.2. The van der Waals surface area contributed by atoms with Crippen molar-refractivity contribution in [3.63, 3.8) is 0 Å². The van der Waals surface area contributed by atoms with E-state index in [1.165, 1.54) is 24.5 Å². The maximum atomic E-state index is 12.0. The van der Waals surface area contributed by atoms with Crippen LogP contribution in [0, 0.1) is 0 Å². The lowest BCUT2D eigenvalue weighted by Crippen LogP contribution is -2.45. The van der Waals surface area contributed by atoms with Gasteiger partial charge in [-0.2, -0.15) is 0 Å². The number of benzene rings is 1. The van der Waals surface area contributed by atoms with Crippen molar-refractivity contribution < 1.29 is 9.59 Å². The summed E-state index contributed by atoms with van der Waals surface area (Å²) in [7, 11) is 0. The predicted octanol–water partition coefficient (Wildman–Crippen LogP) is 2.88. The third kappa shape index (κ3) is 4.44. The fourth-order valence-corrected chi connectivity index (χ4v) is 3.65. The second-order valence-electron chi connectivity index (χ2n) is 5.84. The Morgan fingerprint density at radius 1 is 1.12 bits per heavy atom. The zero-order valence-electron chi connectivity index (χ0n) is 13.3. The molecule has 1 aliphatic carbocycles. The summed E-state index contributed by atoms with van der Waals surface area (Å²) in [6.45, 7) is 0. The summed E-state index contributed by atoms with van der Waals surface area (Å²) in [5.41, 5.74) is 0.838. The van der Waals surface area contributed by atoms with E-state index in [1.807, 2.05) is 24.3 Å². The molecule has 0 bridgehead atoms. The molecule has 0 spiro atoms. The van der Waals surface area contributed by atoms with E-state index in [0.717, 1.165) is 41.6 Å². The monoisotopic (exact) mass is 344 g/mol. The predicted molar refractivity (Wildman–Crippen MR) is 93.8 cm³/mol. The molecule has 0 radical (unpaired) electrons. The molecule has 1 heterocycles. The van der Waals surface area contributed by atoms with Crippen molar-refractivity contribution in [1.29, 1.82) is 0 Å². The van der Waals surface area contributed by atoms with Crippen molar-refractivity contribution in [2.24, 2.45) is 0 Å². The fraction of sp³-hybridized carbons (Fsp3) is 0.412. The number of hydrogen-bond donors (Lipinski definition) is 2. The van der Waals surface area contributed by atoms with Crippen LogP contribution in [0.25, 0.3) is 10.9 Å². The van der Waals surface area contributed by atoms with Gasteiger partial charge in [0.05, 0.1) is 11.3 Å². The van der Waals surface area contributed by atoms with Gasteiger partial charge in [0.2, 0.25) is 5.91 Å². The lowest BCUT2D eigenvalue weighted by Gasteiger charge is -2.22. The quantitative estimate of drug-likeness (QED) is 0.658. The van der Waals surface area contributed by atoms with Gasteiger partial charge in [-0.25, -0.2) is 14.8 Å². The molecule has 126 valence electrons. The van der Waals surface area contributed by atoms with Crippen molar-refractivity contribution in [2.45, 2.75) is 43.2 Å². The Labute approximate surface area is 144 Å². The molecule has 0 unspecified atom stereocenters. The molecule has 1 fully saturated rings. The van der Waals surface area contributed by atoms with Gasteiger partial charge in [0, 0.05) is 11.4 Å². The van der Waals surface area contributed by atoms with Gasteiger partial charge >= 0.3 is 6.03 Å². The van der Waals surface area contributed by atoms with Crippen molar-refractivity contribution in [1.82, 2.24) is 20.6 Å². The number of hydrogen-bond acceptors (Lipinski definition) is 5. The Hall–Kier alpha value is -2.15. The molecule has 2 N–H and O–H groups in total. The minimum absolute atomic E-state index is 0.138. The Balaban J connectivity index is 1.50. The molecular weight excluding hydrogens is 324 g/mol. The topological polar surface area (TPSA) is 84.0 Å². The van der Waals surface area contributed by atoms with E-state index in [-0.39, 0.29) is 17.7 Å². The first-order chi connectivity index (χ1) is 11.7. The van der Waals surface area contributed by atoms with E-state index in [0.29, 0.717) is 0 Å². The first-order valence-corrected chi connectivity index (χ1v) is 9.14. The van der Waals surface area contributed by atoms with Gasteiger partial charge in [0.15, 0.2) is 0 Å². The van der Waals surface area contributed by atoms with Gasteiger partial charge in [-0.1, -0.05) is 49.2 Å². The number of carbonyl (C=O) groups excluding carboxylic acids is 2. The average molecular weight is 344 g/mol. The van der Waals surface area contributed by atoms with Gasteiger partial charge < -0.3 is 5.32 Å². The van der Waals surface area contributed by atoms with Crippen LogP contribution >= 0.6 is 11.8 Å². The molecule has 1 saturated carbocycles. The standard InChI is InChI=1S/C17H20N4O2S/c22-15(21-17(23)20-12-6-2-1-3-7-12)10-24-16-13-8-4-5-9-14(13)18-11-19-16/h4-5,8-9,11-12H,1-3,6-7,10H2,(H2,20,21,22,23). The van der Waals surface area contributed by atoms with Crippen LogP contribution in [0.15, 0.2) is 35.6 Å². The summed E-state index contributed by atoms with van der Waals surface area (Å²) in [6.07, 6.45) is 6.96. The van der Waals surface area contributed by atoms with E-state index in [9.17, 15) is 9.59 Å². The normalized spacial score (nSPS) is 15.2. The lowest BCUT2D eigenvalue weighted by molar-refractivity contribution is -0.117. The number of nitrogens with zero attached hydrogens (tertiary/aromatic N) is 2. The van der Waals surface area contributed by atoms with Gasteiger partial charge in [0.25, 0.3) is 0 Å². The lowest BCUT2D eigenvalue weighted by atomic mass is 9.96. The number of imide groups is 1. The van der Waals surface area contributed by atoms with Gasteiger partial charge in [0.1, 0.15) is 11.4 Å². The van der Waals surface area contributed by atoms with Crippen LogP contribution in [0.3, 0.4) is 0 Å². The van der Waals surface area contributed by atoms with Crippen LogP contribution in [-0.2, 0) is 4.79 Å². The summed E-state index contributed by atoms with van der Waals surface area (Å²) in [4.78, 5) is 32.3. The minimum Gasteiger partial charge on any atom is -0.335 e. The van der Waals surface area contributed by atoms with Crippen LogP contribution in [0.5, 0.6) is 0 Å². The zero-order chi connectivity index (χ0) is 16.8. The molecule has 0 aliphatic heterocycles. The van der Waals surface area contributed by atoms with Gasteiger partial charge in [-0.3, -0.25) is 10.1 Å². The fourth-order valence-electron chi connectivity index (χ4n) is 2.86. The zero-order valence-corrected chi connectivity index (χ0v) is 14.1. The Morgan fingerprint density at radius 3 is 2.75 bits per heavy atom. The van der Waals surface area contributed by atoms with E-state index in [4.69, 9.17) is 0 Å². The highest BCUT2D eigenvalue weighted by Gasteiger charge is 2.17. The van der Waals surface area contributed by atoms with E-state index in [2.05, 4.69) is 20.6 Å². The first kappa shape index (κ1) is 16.7. The SMILES string of the molecule is O=C(CSc1ncnc2ccccc12)NC(=O)NC1CCCCC1. The number of thioether (sulfide) groups is 1. The molecule has 3 amide bonds. The minimum atomic E-state index is -0.403. The molecule has 24 heavy (non-hydrogen) atoms. The molecular formula is C17H20N4O2S. The Bertz CT molecular complexity index is 726. The Kier molecular flexibility index (Phi) is 5.63. The summed E-state index contributed by atoms with van der Waals surface area (Å²) in [5.74, 6) is -0.185. The third-order valence-corrected chi connectivity index (χ3v) is 5.04. The molecule has 2 aromatic rings. The van der Waals surface area contributed by atoms with Crippen LogP contribution in [0.4, 0.5) is 4.79 Å². The molecule has 6 nitrogen and oxygen atoms in total. The number of rotatable bonds is 4. The Morgan fingerprint density at radius 2 is 1.92 bits per heavy atom. The van der Waals surface area contributed by atoms with Crippen molar-refractivity contribution >= 4 is 34.6 Å². The average Bonchev–Trinajstić information content (AvgIpc) is 2.60. The van der Waals surface area contributed by atoms with Crippen LogP contribution < -0.4 is 10.6 Å². The van der Waals surface area contributed by atoms with Crippen molar-refractivity contribution in [2.75, 3.05) is 5.75 Å². The summed E-state index contributed by atoms with van der Waals surface area (Å²) >= 11 is 1.30. The van der Waals surface area contributed by atoms with E-state index >= 15 is 0 Å². The molecule has 7 heteroatoms. The molecule has 1 aliphatic rings. The number of para-hydroxylation sites is 1. The third-order valence-electron chi connectivity index (χ3n) is 4.04. The molecule has 0 atom stereocenters. The van der Waals surface area contributed by atoms with Crippen LogP contribution in [0.2, 0.25) is 0 Å². The molecule has 0 saturated heterocycles. The first-order valence-electron chi connectivity index (χ1n) is 8.15. The smallest absolute Gasteiger partial charge is 0.321 e. The van der Waals surface area contributed by atoms with Crippen LogP contribution in [-0.4, -0.2) is 33.7 Å². The number of amides is 3. The number of carbonyl (C=O) groups is 2. The van der Waals surface area contributed by atoms with Crippen molar-refractivity contribution in [3.8, 4) is 0 Å². The number of nitrogens with one attached hydrogen (secondary N) is 2. The summed E-state index contributed by atoms with van der Waals surface area (Å²) < 4.78 is 0. The highest BCUT2D eigenvalue weighted by Crippen LogP contribution is 2.23. The highest BCUT2D eigenvalue weighted by molar-refractivity contribution is 8.00. The molecule has 3 rings (SSSR count). The largest absolute Gasteiger partial charge is 0.335 e. The number of fused-ring (bicyclic) bond motifs is 1. The second kappa shape index (κ2) is 8.10. The van der Waals surface area contributed by atoms with Crippen LogP contribution in [0.1, 0.15) is 32.1 Å². The van der Waals surface area contributed by atoms with Gasteiger partial charge in [-0.05, 0) is 18.9 Å². The van der Waals surface area contributed by atoms with E-state index in [1.54, 1.807) is 0 Å². The van der Waals surface area contributed by atoms with E-state index < -0.39 is 6.03 Å². The molecule has 1 aromatic carbocycles. The second-order valence-corrected chi connectivity index (χ2v) is 6.81. The summed E-state index contributed by atoms with van der Waals surface area (Å²) in [6, 6.07) is 7.42. The maximum absolute atomic E-state index is 12.0. The molecule has 1 aromatic heterocycles. The summed E-state index contributed by atoms with van der Waals surface area (Å²) in [5, 5.41) is 6.91. The number of aromatic nitrogens is 2.